The fourth-order valence-corrected chi connectivity index (χ4v) is 4.50. The summed E-state index contributed by atoms with van der Waals surface area (Å²) in [6, 6.07) is 1.51. The molecule has 0 spiro atoms. The van der Waals surface area contributed by atoms with Gasteiger partial charge in [0.1, 0.15) is 13.1 Å². The Hall–Kier alpha value is -1.45. The molecule has 1 aromatic rings. The third-order valence-electron chi connectivity index (χ3n) is 2.68. The molecule has 7 nitrogen and oxygen atoms in total. The Bertz CT molecular complexity index is 616. The molecule has 0 bridgehead atoms. The standard InChI is InChI=1S/C12H17NO6S2/c1-8-5-10(9(2)20-8)21(16,17)13(6-11(14)18-3)7-12(15)19-4/h5H,6-7H2,1-4H3. The van der Waals surface area contributed by atoms with Gasteiger partial charge in [-0.2, -0.15) is 4.31 Å². The molecule has 0 aromatic carbocycles. The lowest BCUT2D eigenvalue weighted by Gasteiger charge is -2.19. The van der Waals surface area contributed by atoms with Crippen LogP contribution in [0.3, 0.4) is 0 Å². The highest BCUT2D eigenvalue weighted by Gasteiger charge is 2.31. The number of ether oxygens (including phenoxy) is 2. The van der Waals surface area contributed by atoms with E-state index < -0.39 is 35.1 Å². The lowest BCUT2D eigenvalue weighted by Crippen LogP contribution is -2.40. The van der Waals surface area contributed by atoms with E-state index in [4.69, 9.17) is 0 Å². The minimum atomic E-state index is -3.98. The number of rotatable bonds is 6. The van der Waals surface area contributed by atoms with Crippen molar-refractivity contribution in [2.75, 3.05) is 27.3 Å². The maximum absolute atomic E-state index is 12.6. The number of esters is 2. The SMILES string of the molecule is COC(=O)CN(CC(=O)OC)S(=O)(=O)c1cc(C)sc1C. The van der Waals surface area contributed by atoms with Crippen LogP contribution in [0.25, 0.3) is 0 Å². The Morgan fingerprint density at radius 1 is 1.14 bits per heavy atom. The van der Waals surface area contributed by atoms with Crippen LogP contribution in [0.2, 0.25) is 0 Å². The summed E-state index contributed by atoms with van der Waals surface area (Å²) in [7, 11) is -1.69. The van der Waals surface area contributed by atoms with Crippen LogP contribution in [0.5, 0.6) is 0 Å². The summed E-state index contributed by atoms with van der Waals surface area (Å²) in [5.41, 5.74) is 0. The monoisotopic (exact) mass is 335 g/mol. The zero-order valence-electron chi connectivity index (χ0n) is 12.2. The van der Waals surface area contributed by atoms with Gasteiger partial charge in [-0.3, -0.25) is 9.59 Å². The Morgan fingerprint density at radius 3 is 1.95 bits per heavy atom. The van der Waals surface area contributed by atoms with Gasteiger partial charge in [0.2, 0.25) is 10.0 Å². The quantitative estimate of drug-likeness (QED) is 0.711. The van der Waals surface area contributed by atoms with Gasteiger partial charge in [-0.1, -0.05) is 0 Å². The van der Waals surface area contributed by atoms with Gasteiger partial charge in [-0.15, -0.1) is 11.3 Å². The van der Waals surface area contributed by atoms with Crippen LogP contribution in [0.4, 0.5) is 0 Å². The van der Waals surface area contributed by atoms with Crippen molar-refractivity contribution in [1.82, 2.24) is 4.31 Å². The largest absolute Gasteiger partial charge is 0.468 e. The van der Waals surface area contributed by atoms with Gasteiger partial charge in [0, 0.05) is 9.75 Å². The molecule has 0 radical (unpaired) electrons. The second kappa shape index (κ2) is 7.01. The molecular formula is C12H17NO6S2. The molecule has 0 unspecified atom stereocenters. The molecule has 0 amide bonds. The molecular weight excluding hydrogens is 318 g/mol. The molecule has 21 heavy (non-hydrogen) atoms. The molecule has 0 N–H and O–H groups in total. The van der Waals surface area contributed by atoms with Crippen LogP contribution in [-0.4, -0.2) is 52.0 Å². The first-order valence-electron chi connectivity index (χ1n) is 5.93. The second-order valence-corrected chi connectivity index (χ2v) is 7.57. The van der Waals surface area contributed by atoms with Crippen molar-refractivity contribution in [3.63, 3.8) is 0 Å². The summed E-state index contributed by atoms with van der Waals surface area (Å²) in [6.07, 6.45) is 0. The van der Waals surface area contributed by atoms with E-state index in [2.05, 4.69) is 9.47 Å². The summed E-state index contributed by atoms with van der Waals surface area (Å²) < 4.78 is 34.9. The fourth-order valence-electron chi connectivity index (χ4n) is 1.65. The highest BCUT2D eigenvalue weighted by atomic mass is 32.2. The van der Waals surface area contributed by atoms with E-state index in [1.807, 2.05) is 0 Å². The van der Waals surface area contributed by atoms with Crippen LogP contribution in [-0.2, 0) is 29.1 Å². The lowest BCUT2D eigenvalue weighted by molar-refractivity contribution is -0.143. The fraction of sp³-hybridized carbons (Fsp3) is 0.500. The minimum absolute atomic E-state index is 0.0813. The zero-order valence-corrected chi connectivity index (χ0v) is 13.8. The minimum Gasteiger partial charge on any atom is -0.468 e. The molecule has 1 aromatic heterocycles. The van der Waals surface area contributed by atoms with Crippen LogP contribution in [0.15, 0.2) is 11.0 Å². The van der Waals surface area contributed by atoms with Gasteiger partial charge in [-0.05, 0) is 19.9 Å². The molecule has 0 fully saturated rings. The van der Waals surface area contributed by atoms with Gasteiger partial charge in [-0.25, -0.2) is 8.42 Å². The molecule has 1 rings (SSSR count). The van der Waals surface area contributed by atoms with Crippen molar-refractivity contribution in [2.24, 2.45) is 0 Å². The molecule has 0 aliphatic rings. The van der Waals surface area contributed by atoms with Crippen molar-refractivity contribution in [1.29, 1.82) is 0 Å². The molecule has 0 saturated heterocycles. The average Bonchev–Trinajstić information content (AvgIpc) is 2.77. The lowest BCUT2D eigenvalue weighted by atomic mass is 10.4. The summed E-state index contributed by atoms with van der Waals surface area (Å²) >= 11 is 1.32. The summed E-state index contributed by atoms with van der Waals surface area (Å²) in [5.74, 6) is -1.51. The maximum atomic E-state index is 12.6. The van der Waals surface area contributed by atoms with E-state index in [0.29, 0.717) is 4.88 Å². The van der Waals surface area contributed by atoms with Gasteiger partial charge >= 0.3 is 11.9 Å². The van der Waals surface area contributed by atoms with Crippen molar-refractivity contribution < 1.29 is 27.5 Å². The summed E-state index contributed by atoms with van der Waals surface area (Å²) in [4.78, 5) is 24.3. The highest BCUT2D eigenvalue weighted by molar-refractivity contribution is 7.89. The van der Waals surface area contributed by atoms with Crippen LogP contribution in [0, 0.1) is 13.8 Å². The predicted octanol–water partition coefficient (Wildman–Crippen LogP) is 0.702. The molecule has 0 atom stereocenters. The van der Waals surface area contributed by atoms with Gasteiger partial charge in [0.15, 0.2) is 0 Å². The Morgan fingerprint density at radius 2 is 1.62 bits per heavy atom. The Labute approximate surface area is 127 Å². The van der Waals surface area contributed by atoms with Gasteiger partial charge in [0.05, 0.1) is 19.1 Å². The molecule has 9 heteroatoms. The number of hydrogen-bond donors (Lipinski definition) is 0. The molecule has 1 heterocycles. The zero-order chi connectivity index (χ0) is 16.2. The topological polar surface area (TPSA) is 90.0 Å². The van der Waals surface area contributed by atoms with Crippen molar-refractivity contribution >= 4 is 33.3 Å². The number of hydrogen-bond acceptors (Lipinski definition) is 7. The Kier molecular flexibility index (Phi) is 5.87. The van der Waals surface area contributed by atoms with E-state index in [9.17, 15) is 18.0 Å². The third kappa shape index (κ3) is 4.26. The highest BCUT2D eigenvalue weighted by Crippen LogP contribution is 2.27. The molecule has 118 valence electrons. The summed E-state index contributed by atoms with van der Waals surface area (Å²) in [5, 5.41) is 0. The van der Waals surface area contributed by atoms with E-state index in [0.717, 1.165) is 23.4 Å². The van der Waals surface area contributed by atoms with E-state index in [1.165, 1.54) is 17.4 Å². The number of sulfonamides is 1. The number of carbonyl (C=O) groups excluding carboxylic acids is 2. The van der Waals surface area contributed by atoms with Crippen molar-refractivity contribution in [2.45, 2.75) is 18.7 Å². The van der Waals surface area contributed by atoms with E-state index in [1.54, 1.807) is 13.8 Å². The third-order valence-corrected chi connectivity index (χ3v) is 5.69. The predicted molar refractivity (Wildman–Crippen MR) is 76.6 cm³/mol. The van der Waals surface area contributed by atoms with E-state index in [-0.39, 0.29) is 4.90 Å². The normalized spacial score (nSPS) is 11.5. The van der Waals surface area contributed by atoms with Crippen LogP contribution in [0.1, 0.15) is 9.75 Å². The van der Waals surface area contributed by atoms with Gasteiger partial charge in [0.25, 0.3) is 0 Å². The first-order chi connectivity index (χ1) is 9.72. The van der Waals surface area contributed by atoms with Crippen LogP contribution < -0.4 is 0 Å². The Balaban J connectivity index is 3.19. The van der Waals surface area contributed by atoms with Gasteiger partial charge < -0.3 is 9.47 Å². The number of nitrogens with zero attached hydrogens (tertiary/aromatic N) is 1. The van der Waals surface area contributed by atoms with Crippen molar-refractivity contribution in [3.8, 4) is 0 Å². The molecule has 0 aliphatic heterocycles. The van der Waals surface area contributed by atoms with Crippen LogP contribution >= 0.6 is 11.3 Å². The first kappa shape index (κ1) is 17.6. The van der Waals surface area contributed by atoms with E-state index >= 15 is 0 Å². The second-order valence-electron chi connectivity index (χ2n) is 4.20. The average molecular weight is 335 g/mol. The number of methoxy groups -OCH3 is 2. The number of carbonyl (C=O) groups is 2. The smallest absolute Gasteiger partial charge is 0.321 e. The summed E-state index contributed by atoms with van der Waals surface area (Å²) in [6.45, 7) is 2.34. The van der Waals surface area contributed by atoms with Crippen molar-refractivity contribution in [3.05, 3.63) is 15.8 Å². The first-order valence-corrected chi connectivity index (χ1v) is 8.18. The molecule has 0 aliphatic carbocycles. The number of thiophene rings is 1. The maximum Gasteiger partial charge on any atom is 0.321 e. The number of aryl methyl sites for hydroxylation is 2. The molecule has 0 saturated carbocycles.